The average Bonchev–Trinajstić information content (AvgIpc) is 4.22. The van der Waals surface area contributed by atoms with Crippen LogP contribution in [0.5, 0.6) is 0 Å². The van der Waals surface area contributed by atoms with Crippen molar-refractivity contribution in [3.8, 4) is 68.1 Å². The zero-order chi connectivity index (χ0) is 48.0. The third-order valence-electron chi connectivity index (χ3n) is 14.1. The molecule has 0 aliphatic carbocycles. The second-order valence-electron chi connectivity index (χ2n) is 18.3. The maximum atomic E-state index is 5.48. The quantitative estimate of drug-likeness (QED) is 0.159. The van der Waals surface area contributed by atoms with E-state index in [0.717, 1.165) is 78.2 Å². The summed E-state index contributed by atoms with van der Waals surface area (Å²) in [6, 6.07) is 82.9. The lowest BCUT2D eigenvalue weighted by atomic mass is 9.97. The van der Waals surface area contributed by atoms with Crippen LogP contribution in [0, 0.1) is 0 Å². The van der Waals surface area contributed by atoms with E-state index in [-0.39, 0.29) is 0 Å². The predicted octanol–water partition coefficient (Wildman–Crippen LogP) is 16.7. The number of hydrogen-bond donors (Lipinski definition) is 0. The van der Waals surface area contributed by atoms with Crippen LogP contribution in [0.25, 0.3) is 143 Å². The van der Waals surface area contributed by atoms with Gasteiger partial charge in [0.05, 0.1) is 49.2 Å². The summed E-state index contributed by atoms with van der Waals surface area (Å²) in [4.78, 5) is 26.8. The number of hydrogen-bond acceptors (Lipinski definition) is 6. The molecule has 0 saturated heterocycles. The molecule has 0 saturated carbocycles. The Morgan fingerprint density at radius 3 is 1.45 bits per heavy atom. The highest BCUT2D eigenvalue weighted by atomic mass is 32.1. The van der Waals surface area contributed by atoms with Gasteiger partial charge in [-0.15, -0.1) is 11.3 Å². The Balaban J connectivity index is 1.12. The molecule has 340 valence electrons. The molecular weight excluding hydrogens is 911 g/mol. The van der Waals surface area contributed by atoms with E-state index in [1.807, 2.05) is 78.1 Å². The summed E-state index contributed by atoms with van der Waals surface area (Å²) in [5.41, 5.74) is 14.2. The van der Waals surface area contributed by atoms with Crippen LogP contribution in [-0.4, -0.2) is 34.1 Å². The van der Waals surface area contributed by atoms with Crippen molar-refractivity contribution in [2.45, 2.75) is 0 Å². The van der Waals surface area contributed by atoms with Crippen molar-refractivity contribution in [3.63, 3.8) is 0 Å². The normalized spacial score (nSPS) is 11.8. The topological polar surface area (TPSA) is 74.3 Å². The van der Waals surface area contributed by atoms with E-state index in [1.54, 1.807) is 0 Å². The van der Waals surface area contributed by atoms with Crippen molar-refractivity contribution in [1.82, 2.24) is 34.1 Å². The van der Waals surface area contributed by atoms with E-state index in [4.69, 9.17) is 24.9 Å². The van der Waals surface area contributed by atoms with Crippen molar-refractivity contribution in [3.05, 3.63) is 237 Å². The number of nitrogens with zero attached hydrogens (tertiary/aromatic N) is 7. The number of aromatic nitrogens is 7. The minimum atomic E-state index is 0.524. The summed E-state index contributed by atoms with van der Waals surface area (Å²) in [6.07, 6.45) is 0. The number of rotatable bonds is 7. The van der Waals surface area contributed by atoms with Crippen molar-refractivity contribution in [2.75, 3.05) is 0 Å². The molecule has 15 rings (SSSR count). The highest BCUT2D eigenvalue weighted by molar-refractivity contribution is 7.27. The maximum absolute atomic E-state index is 5.48. The molecule has 0 aliphatic heterocycles. The van der Waals surface area contributed by atoms with Gasteiger partial charge in [-0.1, -0.05) is 176 Å². The van der Waals surface area contributed by atoms with Gasteiger partial charge in [0.15, 0.2) is 17.5 Å². The molecule has 15 aromatic rings. The number of thiophene rings is 1. The van der Waals surface area contributed by atoms with Gasteiger partial charge in [-0.3, -0.25) is 0 Å². The summed E-state index contributed by atoms with van der Waals surface area (Å²) in [7, 11) is 0. The fourth-order valence-electron chi connectivity index (χ4n) is 11.0. The van der Waals surface area contributed by atoms with Crippen LogP contribution >= 0.6 is 11.3 Å². The molecule has 0 fully saturated rings. The van der Waals surface area contributed by atoms with Gasteiger partial charge in [-0.05, 0) is 60.7 Å². The molecule has 0 bridgehead atoms. The summed E-state index contributed by atoms with van der Waals surface area (Å²) in [6.45, 7) is 0. The molecule has 7 nitrogen and oxygen atoms in total. The molecule has 73 heavy (non-hydrogen) atoms. The van der Waals surface area contributed by atoms with Crippen LogP contribution in [0.1, 0.15) is 0 Å². The Morgan fingerprint density at radius 1 is 0.315 bits per heavy atom. The molecule has 5 heterocycles. The van der Waals surface area contributed by atoms with E-state index >= 15 is 0 Å². The minimum absolute atomic E-state index is 0.524. The summed E-state index contributed by atoms with van der Waals surface area (Å²) < 4.78 is 7.47. The lowest BCUT2D eigenvalue weighted by Gasteiger charge is -2.17. The Bertz CT molecular complexity index is 4600. The first kappa shape index (κ1) is 41.2. The zero-order valence-electron chi connectivity index (χ0n) is 39.1. The minimum Gasteiger partial charge on any atom is -0.308 e. The van der Waals surface area contributed by atoms with Gasteiger partial charge in [0, 0.05) is 76.2 Å². The fourth-order valence-corrected chi connectivity index (χ4v) is 12.2. The van der Waals surface area contributed by atoms with E-state index < -0.39 is 0 Å². The van der Waals surface area contributed by atoms with Gasteiger partial charge >= 0.3 is 0 Å². The van der Waals surface area contributed by atoms with Crippen LogP contribution in [0.2, 0.25) is 0 Å². The monoisotopic (exact) mass is 949 g/mol. The van der Waals surface area contributed by atoms with Gasteiger partial charge in [0.25, 0.3) is 0 Å². The lowest BCUT2D eigenvalue weighted by molar-refractivity contribution is 1.07. The van der Waals surface area contributed by atoms with E-state index in [1.165, 1.54) is 47.2 Å². The van der Waals surface area contributed by atoms with Crippen LogP contribution in [-0.2, 0) is 0 Å². The highest BCUT2D eigenvalue weighted by Gasteiger charge is 2.28. The first-order chi connectivity index (χ1) is 36.2. The van der Waals surface area contributed by atoms with Crippen molar-refractivity contribution < 1.29 is 0 Å². The second-order valence-corrected chi connectivity index (χ2v) is 19.4. The number of para-hydroxylation sites is 5. The van der Waals surface area contributed by atoms with E-state index in [9.17, 15) is 0 Å². The van der Waals surface area contributed by atoms with Crippen LogP contribution in [0.4, 0.5) is 0 Å². The number of benzene rings is 10. The molecule has 0 radical (unpaired) electrons. The maximum Gasteiger partial charge on any atom is 0.164 e. The van der Waals surface area contributed by atoms with Gasteiger partial charge in [-0.2, -0.15) is 0 Å². The van der Waals surface area contributed by atoms with Crippen molar-refractivity contribution in [1.29, 1.82) is 0 Å². The molecule has 5 aromatic heterocycles. The molecule has 0 spiro atoms. The van der Waals surface area contributed by atoms with Gasteiger partial charge in [-0.25, -0.2) is 24.9 Å². The molecule has 0 atom stereocenters. The molecule has 0 N–H and O–H groups in total. The summed E-state index contributed by atoms with van der Waals surface area (Å²) >= 11 is 1.88. The summed E-state index contributed by atoms with van der Waals surface area (Å²) in [5.74, 6) is 1.68. The highest BCUT2D eigenvalue weighted by Crippen LogP contribution is 2.51. The van der Waals surface area contributed by atoms with Crippen LogP contribution in [0.15, 0.2) is 237 Å². The Morgan fingerprint density at radius 2 is 0.808 bits per heavy atom. The first-order valence-corrected chi connectivity index (χ1v) is 25.2. The van der Waals surface area contributed by atoms with Gasteiger partial charge in [0.2, 0.25) is 0 Å². The lowest BCUT2D eigenvalue weighted by Crippen LogP contribution is -2.04. The molecule has 0 amide bonds. The number of fused-ring (bicyclic) bond motifs is 13. The largest absolute Gasteiger partial charge is 0.308 e. The van der Waals surface area contributed by atoms with E-state index in [0.29, 0.717) is 17.5 Å². The molecule has 8 heteroatoms. The third-order valence-corrected chi connectivity index (χ3v) is 15.3. The van der Waals surface area contributed by atoms with E-state index in [2.05, 4.69) is 179 Å². The van der Waals surface area contributed by atoms with Crippen molar-refractivity contribution >= 4 is 86.2 Å². The standard InChI is InChI=1S/C65H39N7S/c1-5-21-40(22-6-1)58-59(67-51-33-17-16-32-50(51)66-58)45-38-37-44(39-49(45)65-69-63(41-23-7-2-8-24-41)68-64(70-65)42-25-9-3-10-26-42)72-52-34-18-13-29-46(52)55-56-48-31-15-20-36-54(48)73-62(56)61-57(60(55)72)47-30-14-19-35-53(47)71(61)43-27-11-4-12-28-43/h1-39H. The first-order valence-electron chi connectivity index (χ1n) is 24.4. The zero-order valence-corrected chi connectivity index (χ0v) is 39.9. The molecule has 10 aromatic carbocycles. The van der Waals surface area contributed by atoms with Crippen LogP contribution < -0.4 is 0 Å². The van der Waals surface area contributed by atoms with Crippen molar-refractivity contribution in [2.24, 2.45) is 0 Å². The fraction of sp³-hybridized carbons (Fsp3) is 0. The Labute approximate surface area is 422 Å². The Kier molecular flexibility index (Phi) is 9.30. The smallest absolute Gasteiger partial charge is 0.164 e. The SMILES string of the molecule is c1ccc(-c2nc(-c3ccccc3)nc(-c3cc(-n4c5ccccc5c5c6c7ccccc7sc6c6c(c7ccccc7n6-c6ccccc6)c54)ccc3-c3nc4ccccc4nc3-c3ccccc3)n2)cc1. The van der Waals surface area contributed by atoms with Gasteiger partial charge < -0.3 is 9.13 Å². The molecular formula is C65H39N7S. The van der Waals surface area contributed by atoms with Gasteiger partial charge in [0.1, 0.15) is 0 Å². The Hall–Kier alpha value is -9.63. The average molecular weight is 950 g/mol. The van der Waals surface area contributed by atoms with Crippen LogP contribution in [0.3, 0.4) is 0 Å². The molecule has 0 unspecified atom stereocenters. The second kappa shape index (κ2) is 16.5. The molecule has 0 aliphatic rings. The third kappa shape index (κ3) is 6.47. The summed E-state index contributed by atoms with van der Waals surface area (Å²) in [5, 5.41) is 7.28. The predicted molar refractivity (Wildman–Crippen MR) is 302 cm³/mol.